The van der Waals surface area contributed by atoms with Crippen molar-refractivity contribution in [1.29, 1.82) is 0 Å². The number of hydrogen-bond donors (Lipinski definition) is 0. The van der Waals surface area contributed by atoms with E-state index in [0.717, 1.165) is 6.42 Å². The van der Waals surface area contributed by atoms with Gasteiger partial charge >= 0.3 is 24.6 Å². The summed E-state index contributed by atoms with van der Waals surface area (Å²) in [7, 11) is -3.67. The standard InChI is InChI=1S/C9H12.C6H6.C5H6.2CH3.BF3.FH.Fe/c1-7-4-5-8(2)9(3)6-7;1-2-4-6-5-3-1;1-2-4-5-3-1;;;2-1(3)4;;/h4-6H,1-3H3;1-6H;1-4H,5H2;2*1H3;;1H;/q;;;2*-1;;;+2/p-1. The quantitative estimate of drug-likeness (QED) is 0.322. The van der Waals surface area contributed by atoms with Crippen LogP contribution in [0.3, 0.4) is 0 Å². The third-order valence-corrected chi connectivity index (χ3v) is 2.98. The number of benzene rings is 2. The predicted octanol–water partition coefficient (Wildman–Crippen LogP) is 4.58. The molecule has 0 bridgehead atoms. The van der Waals surface area contributed by atoms with Gasteiger partial charge in [0.25, 0.3) is 0 Å². The molecule has 158 valence electrons. The SMILES string of the molecule is C1=CCC=C1.Cc1ccc(C)c(C)c1.FB(F)F.[CH3-].[CH3-].[F-].[Fe+2].c1ccccc1. The first-order valence-corrected chi connectivity index (χ1v) is 7.71. The van der Waals surface area contributed by atoms with Crippen molar-refractivity contribution in [2.45, 2.75) is 27.2 Å². The fourth-order valence-electron chi connectivity index (χ4n) is 1.67. The molecule has 2 aromatic carbocycles. The first-order valence-electron chi connectivity index (χ1n) is 7.71. The van der Waals surface area contributed by atoms with Gasteiger partial charge < -0.3 is 19.6 Å². The van der Waals surface area contributed by atoms with Gasteiger partial charge in [-0.2, -0.15) is 0 Å². The maximum Gasteiger partial charge on any atom is 2.00 e. The second-order valence-electron chi connectivity index (χ2n) is 5.08. The Kier molecular flexibility index (Phi) is 33.4. The van der Waals surface area contributed by atoms with Gasteiger partial charge in [0, 0.05) is 0 Å². The minimum atomic E-state index is -3.67. The van der Waals surface area contributed by atoms with E-state index in [9.17, 15) is 12.9 Å². The predicted molar refractivity (Wildman–Crippen MR) is 112 cm³/mol. The van der Waals surface area contributed by atoms with Gasteiger partial charge in [-0.15, -0.1) is 0 Å². The summed E-state index contributed by atoms with van der Waals surface area (Å²) < 4.78 is 29.0. The topological polar surface area (TPSA) is 0 Å². The summed E-state index contributed by atoms with van der Waals surface area (Å²) in [6.45, 7) is 6.39. The zero-order valence-electron chi connectivity index (χ0n) is 17.2. The van der Waals surface area contributed by atoms with Gasteiger partial charge in [0.1, 0.15) is 0 Å². The van der Waals surface area contributed by atoms with Crippen molar-refractivity contribution in [2.75, 3.05) is 0 Å². The average molecular weight is 437 g/mol. The molecule has 0 radical (unpaired) electrons. The Labute approximate surface area is 180 Å². The number of hydrogen-bond acceptors (Lipinski definition) is 0. The van der Waals surface area contributed by atoms with E-state index >= 15 is 0 Å². The van der Waals surface area contributed by atoms with E-state index in [1.165, 1.54) is 16.7 Å². The van der Waals surface area contributed by atoms with Gasteiger partial charge in [0.2, 0.25) is 0 Å². The molecular weight excluding hydrogens is 407 g/mol. The molecule has 0 N–H and O–H groups in total. The van der Waals surface area contributed by atoms with Gasteiger partial charge in [-0.3, -0.25) is 12.9 Å². The maximum atomic E-state index is 9.67. The third kappa shape index (κ3) is 26.5. The number of allylic oxidation sites excluding steroid dienone is 4. The number of rotatable bonds is 0. The zero-order valence-corrected chi connectivity index (χ0v) is 18.3. The molecule has 0 atom stereocenters. The van der Waals surface area contributed by atoms with Crippen LogP contribution in [-0.2, 0) is 17.1 Å². The van der Waals surface area contributed by atoms with E-state index in [2.05, 4.69) is 63.3 Å². The summed E-state index contributed by atoms with van der Waals surface area (Å²) in [5.41, 5.74) is 4.11. The Balaban J connectivity index is -0.0000000835. The Morgan fingerprint density at radius 3 is 1.29 bits per heavy atom. The molecule has 28 heavy (non-hydrogen) atoms. The Hall–Kier alpha value is -1.78. The molecular formula is C22H30BF4Fe-. The van der Waals surface area contributed by atoms with Crippen molar-refractivity contribution < 1.29 is 34.7 Å². The Morgan fingerprint density at radius 2 is 1.07 bits per heavy atom. The molecule has 1 aliphatic rings. The third-order valence-electron chi connectivity index (χ3n) is 2.98. The van der Waals surface area contributed by atoms with Crippen LogP contribution in [0.5, 0.6) is 0 Å². The van der Waals surface area contributed by atoms with Crippen LogP contribution in [0.2, 0.25) is 0 Å². The minimum Gasteiger partial charge on any atom is -1.00 e. The Bertz CT molecular complexity index is 563. The molecule has 0 unspecified atom stereocenters. The smallest absolute Gasteiger partial charge is 1.00 e. The molecule has 0 amide bonds. The summed E-state index contributed by atoms with van der Waals surface area (Å²) >= 11 is 0. The molecule has 0 spiro atoms. The van der Waals surface area contributed by atoms with Crippen molar-refractivity contribution >= 4 is 7.54 Å². The monoisotopic (exact) mass is 437 g/mol. The zero-order chi connectivity index (χ0) is 18.2. The van der Waals surface area contributed by atoms with E-state index in [4.69, 9.17) is 0 Å². The van der Waals surface area contributed by atoms with Gasteiger partial charge in [-0.25, -0.2) is 0 Å². The van der Waals surface area contributed by atoms with E-state index in [-0.39, 0.29) is 36.6 Å². The van der Waals surface area contributed by atoms with Crippen molar-refractivity contribution in [1.82, 2.24) is 0 Å². The number of aryl methyl sites for hydroxylation is 3. The van der Waals surface area contributed by atoms with E-state index in [0.29, 0.717) is 0 Å². The van der Waals surface area contributed by atoms with Crippen molar-refractivity contribution in [3.63, 3.8) is 0 Å². The van der Waals surface area contributed by atoms with Gasteiger partial charge in [-0.1, -0.05) is 84.5 Å². The molecule has 0 aliphatic heterocycles. The molecule has 6 heteroatoms. The maximum absolute atomic E-state index is 9.67. The van der Waals surface area contributed by atoms with Crippen LogP contribution in [0.25, 0.3) is 0 Å². The van der Waals surface area contributed by atoms with Crippen LogP contribution in [0.15, 0.2) is 78.9 Å². The van der Waals surface area contributed by atoms with Gasteiger partial charge in [0.15, 0.2) is 0 Å². The molecule has 0 aromatic heterocycles. The van der Waals surface area contributed by atoms with E-state index in [1.54, 1.807) is 0 Å². The molecule has 2 aromatic rings. The first-order chi connectivity index (χ1) is 11.4. The van der Waals surface area contributed by atoms with Crippen LogP contribution in [0, 0.1) is 35.6 Å². The summed E-state index contributed by atoms with van der Waals surface area (Å²) in [6.07, 6.45) is 9.50. The summed E-state index contributed by atoms with van der Waals surface area (Å²) in [5, 5.41) is 0. The van der Waals surface area contributed by atoms with Crippen LogP contribution in [-0.4, -0.2) is 7.54 Å². The fraction of sp³-hybridized carbons (Fsp3) is 0.182. The van der Waals surface area contributed by atoms with Crippen molar-refractivity contribution in [3.8, 4) is 0 Å². The van der Waals surface area contributed by atoms with Crippen LogP contribution in [0.1, 0.15) is 23.1 Å². The van der Waals surface area contributed by atoms with Crippen LogP contribution in [0.4, 0.5) is 12.9 Å². The van der Waals surface area contributed by atoms with Crippen molar-refractivity contribution in [2.24, 2.45) is 0 Å². The first kappa shape index (κ1) is 37.0. The molecule has 0 saturated heterocycles. The minimum absolute atomic E-state index is 0. The summed E-state index contributed by atoms with van der Waals surface area (Å²) in [4.78, 5) is 0. The second-order valence-corrected chi connectivity index (χ2v) is 5.08. The van der Waals surface area contributed by atoms with Crippen LogP contribution < -0.4 is 4.70 Å². The van der Waals surface area contributed by atoms with Gasteiger partial charge in [-0.05, 0) is 38.3 Å². The molecule has 1 aliphatic carbocycles. The van der Waals surface area contributed by atoms with E-state index < -0.39 is 7.54 Å². The molecule has 3 rings (SSSR count). The molecule has 0 heterocycles. The molecule has 0 fully saturated rings. The summed E-state index contributed by atoms with van der Waals surface area (Å²) in [6, 6.07) is 18.5. The second kappa shape index (κ2) is 25.2. The van der Waals surface area contributed by atoms with Crippen molar-refractivity contribution in [3.05, 3.63) is 110 Å². The number of halogens is 4. The normalized spacial score (nSPS) is 8.93. The van der Waals surface area contributed by atoms with Gasteiger partial charge in [0.05, 0.1) is 0 Å². The van der Waals surface area contributed by atoms with Crippen LogP contribution >= 0.6 is 0 Å². The Morgan fingerprint density at radius 1 is 0.714 bits per heavy atom. The fourth-order valence-corrected chi connectivity index (χ4v) is 1.67. The average Bonchev–Trinajstić information content (AvgIpc) is 3.13. The largest absolute Gasteiger partial charge is 2.00 e. The van der Waals surface area contributed by atoms with E-state index in [1.807, 2.05) is 36.4 Å². The summed E-state index contributed by atoms with van der Waals surface area (Å²) in [5.74, 6) is 0. The molecule has 0 nitrogen and oxygen atoms in total. The molecule has 0 saturated carbocycles.